The Morgan fingerprint density at radius 1 is 0.700 bits per heavy atom. The molecule has 1 heteroatoms. The van der Waals surface area contributed by atoms with Crippen LogP contribution in [-0.4, -0.2) is 5.33 Å². The summed E-state index contributed by atoms with van der Waals surface area (Å²) in [5.74, 6) is 0. The minimum absolute atomic E-state index is 0.679. The zero-order valence-electron chi connectivity index (χ0n) is 13.9. The second-order valence-corrected chi connectivity index (χ2v) is 7.69. The fourth-order valence-corrected chi connectivity index (χ4v) is 4.58. The van der Waals surface area contributed by atoms with Crippen molar-refractivity contribution in [2.75, 3.05) is 5.33 Å². The highest BCUT2D eigenvalue weighted by Gasteiger charge is 2.29. The molecule has 120 valence electrons. The van der Waals surface area contributed by atoms with E-state index >= 15 is 0 Å². The van der Waals surface area contributed by atoms with Crippen molar-refractivity contribution in [3.63, 3.8) is 0 Å². The lowest BCUT2D eigenvalue weighted by Crippen LogP contribution is -2.25. The van der Waals surface area contributed by atoms with Crippen molar-refractivity contribution < 1.29 is 0 Å². The molecule has 0 bridgehead atoms. The summed E-state index contributed by atoms with van der Waals surface area (Å²) in [4.78, 5) is 0. The maximum atomic E-state index is 3.79. The van der Waals surface area contributed by atoms with E-state index in [4.69, 9.17) is 0 Å². The van der Waals surface area contributed by atoms with Gasteiger partial charge in [-0.2, -0.15) is 0 Å². The van der Waals surface area contributed by atoms with Crippen molar-refractivity contribution in [1.82, 2.24) is 0 Å². The molecule has 0 aliphatic heterocycles. The zero-order valence-corrected chi connectivity index (χ0v) is 15.5. The summed E-state index contributed by atoms with van der Waals surface area (Å²) in [6.07, 6.45) is 23.5. The molecule has 1 saturated carbocycles. The van der Waals surface area contributed by atoms with E-state index in [1.807, 2.05) is 0 Å². The summed E-state index contributed by atoms with van der Waals surface area (Å²) >= 11 is 3.79. The predicted octanol–water partition coefficient (Wildman–Crippen LogP) is 7.64. The van der Waals surface area contributed by atoms with Gasteiger partial charge in [-0.3, -0.25) is 0 Å². The summed E-state index contributed by atoms with van der Waals surface area (Å²) in [6, 6.07) is 0. The molecule has 1 aliphatic rings. The van der Waals surface area contributed by atoms with Gasteiger partial charge in [-0.15, -0.1) is 0 Å². The molecule has 0 unspecified atom stereocenters. The van der Waals surface area contributed by atoms with Gasteiger partial charge in [-0.25, -0.2) is 0 Å². The highest BCUT2D eigenvalue weighted by atomic mass is 79.9. The van der Waals surface area contributed by atoms with Gasteiger partial charge in [-0.05, 0) is 24.7 Å². The molecule has 1 aliphatic carbocycles. The van der Waals surface area contributed by atoms with Crippen molar-refractivity contribution >= 4 is 15.9 Å². The van der Waals surface area contributed by atoms with Crippen LogP contribution in [0.15, 0.2) is 0 Å². The van der Waals surface area contributed by atoms with E-state index in [1.54, 1.807) is 0 Å². The Hall–Kier alpha value is 0.480. The first-order chi connectivity index (χ1) is 9.83. The molecule has 0 heterocycles. The van der Waals surface area contributed by atoms with Gasteiger partial charge in [-0.1, -0.05) is 106 Å². The molecule has 0 aromatic heterocycles. The molecule has 0 spiro atoms. The summed E-state index contributed by atoms with van der Waals surface area (Å²) in [6.45, 7) is 2.30. The number of hydrogen-bond acceptors (Lipinski definition) is 0. The van der Waals surface area contributed by atoms with Gasteiger partial charge in [0, 0.05) is 5.33 Å². The lowest BCUT2D eigenvalue weighted by atomic mass is 9.72. The Bertz CT molecular complexity index is 206. The van der Waals surface area contributed by atoms with E-state index in [1.165, 1.54) is 108 Å². The summed E-state index contributed by atoms with van der Waals surface area (Å²) in [5, 5.41) is 1.25. The van der Waals surface area contributed by atoms with Crippen molar-refractivity contribution in [3.8, 4) is 0 Å². The van der Waals surface area contributed by atoms with Crippen LogP contribution >= 0.6 is 15.9 Å². The average Bonchev–Trinajstić information content (AvgIpc) is 2.50. The molecular weight excluding hydrogens is 308 g/mol. The third kappa shape index (κ3) is 8.05. The van der Waals surface area contributed by atoms with Crippen LogP contribution in [0.2, 0.25) is 0 Å². The Morgan fingerprint density at radius 3 is 1.70 bits per heavy atom. The van der Waals surface area contributed by atoms with Gasteiger partial charge in [0.25, 0.3) is 0 Å². The molecule has 20 heavy (non-hydrogen) atoms. The molecule has 0 nitrogen and oxygen atoms in total. The van der Waals surface area contributed by atoms with E-state index in [-0.39, 0.29) is 0 Å². The number of alkyl halides is 1. The first-order valence-electron chi connectivity index (χ1n) is 9.39. The quantitative estimate of drug-likeness (QED) is 0.252. The van der Waals surface area contributed by atoms with Gasteiger partial charge in [0.1, 0.15) is 0 Å². The molecular formula is C19H37Br. The van der Waals surface area contributed by atoms with Crippen molar-refractivity contribution in [2.45, 2.75) is 110 Å². The normalized spacial score (nSPS) is 18.3. The molecule has 1 fully saturated rings. The highest BCUT2D eigenvalue weighted by molar-refractivity contribution is 9.09. The predicted molar refractivity (Wildman–Crippen MR) is 95.8 cm³/mol. The van der Waals surface area contributed by atoms with Gasteiger partial charge < -0.3 is 0 Å². The summed E-state index contributed by atoms with van der Waals surface area (Å²) in [5.41, 5.74) is 0.679. The maximum absolute atomic E-state index is 3.79. The van der Waals surface area contributed by atoms with Crippen LogP contribution in [-0.2, 0) is 0 Å². The van der Waals surface area contributed by atoms with Gasteiger partial charge in [0.15, 0.2) is 0 Å². The van der Waals surface area contributed by atoms with Crippen LogP contribution in [0.5, 0.6) is 0 Å². The topological polar surface area (TPSA) is 0 Å². The van der Waals surface area contributed by atoms with E-state index in [0.717, 1.165) is 0 Å². The number of unbranched alkanes of at least 4 members (excludes halogenated alkanes) is 9. The summed E-state index contributed by atoms with van der Waals surface area (Å²) < 4.78 is 0. The van der Waals surface area contributed by atoms with Crippen molar-refractivity contribution in [3.05, 3.63) is 0 Å². The lowest BCUT2D eigenvalue weighted by Gasteiger charge is -2.36. The molecule has 0 N–H and O–H groups in total. The molecule has 0 aromatic rings. The van der Waals surface area contributed by atoms with Crippen molar-refractivity contribution in [2.24, 2.45) is 5.41 Å². The van der Waals surface area contributed by atoms with Crippen LogP contribution in [0, 0.1) is 5.41 Å². The van der Waals surface area contributed by atoms with Crippen LogP contribution in [0.4, 0.5) is 0 Å². The van der Waals surface area contributed by atoms with E-state index < -0.39 is 0 Å². The SMILES string of the molecule is CCCCCCCCCCCCC1(CBr)CCCCC1. The first-order valence-corrected chi connectivity index (χ1v) is 10.5. The molecule has 0 amide bonds. The number of rotatable bonds is 12. The second-order valence-electron chi connectivity index (χ2n) is 7.13. The largest absolute Gasteiger partial charge is 0.0922 e. The van der Waals surface area contributed by atoms with Crippen LogP contribution < -0.4 is 0 Å². The van der Waals surface area contributed by atoms with Gasteiger partial charge >= 0.3 is 0 Å². The Labute approximate surface area is 136 Å². The third-order valence-electron chi connectivity index (χ3n) is 5.26. The Balaban J connectivity index is 1.91. The lowest BCUT2D eigenvalue weighted by molar-refractivity contribution is 0.200. The zero-order chi connectivity index (χ0) is 14.5. The van der Waals surface area contributed by atoms with E-state index in [0.29, 0.717) is 5.41 Å². The Morgan fingerprint density at radius 2 is 1.20 bits per heavy atom. The first kappa shape index (κ1) is 18.5. The molecule has 0 radical (unpaired) electrons. The minimum atomic E-state index is 0.679. The molecule has 0 atom stereocenters. The maximum Gasteiger partial charge on any atom is 0.00879 e. The van der Waals surface area contributed by atoms with Crippen LogP contribution in [0.1, 0.15) is 110 Å². The van der Waals surface area contributed by atoms with Crippen LogP contribution in [0.25, 0.3) is 0 Å². The van der Waals surface area contributed by atoms with Gasteiger partial charge in [0.2, 0.25) is 0 Å². The second kappa shape index (κ2) is 12.1. The fourth-order valence-electron chi connectivity index (χ4n) is 3.74. The smallest absolute Gasteiger partial charge is 0.00879 e. The average molecular weight is 345 g/mol. The Kier molecular flexibility index (Phi) is 11.2. The molecule has 0 saturated heterocycles. The highest BCUT2D eigenvalue weighted by Crippen LogP contribution is 2.42. The molecule has 0 aromatic carbocycles. The van der Waals surface area contributed by atoms with E-state index in [9.17, 15) is 0 Å². The van der Waals surface area contributed by atoms with Gasteiger partial charge in [0.05, 0.1) is 0 Å². The third-order valence-corrected chi connectivity index (χ3v) is 6.45. The summed E-state index contributed by atoms with van der Waals surface area (Å²) in [7, 11) is 0. The van der Waals surface area contributed by atoms with Crippen LogP contribution in [0.3, 0.4) is 0 Å². The van der Waals surface area contributed by atoms with Crippen molar-refractivity contribution in [1.29, 1.82) is 0 Å². The monoisotopic (exact) mass is 344 g/mol. The molecule has 1 rings (SSSR count). The number of halogens is 1. The standard InChI is InChI=1S/C19H37Br/c1-2-3-4-5-6-7-8-9-10-12-15-19(18-20)16-13-11-14-17-19/h2-18H2,1H3. The minimum Gasteiger partial charge on any atom is -0.0922 e. The number of hydrogen-bond donors (Lipinski definition) is 0. The van der Waals surface area contributed by atoms with E-state index in [2.05, 4.69) is 22.9 Å². The fraction of sp³-hybridized carbons (Fsp3) is 1.00.